The summed E-state index contributed by atoms with van der Waals surface area (Å²) in [6, 6.07) is 15.8. The Balaban J connectivity index is 2.43. The normalized spacial score (nSPS) is 10.8. The SMILES string of the molecule is C#CCN(C)Cc1c(C(=O)O)c2ccccc2c(=O)n1-c1ccccc1. The number of para-hydroxylation sites is 1. The van der Waals surface area contributed by atoms with Gasteiger partial charge in [-0.05, 0) is 25.2 Å². The topological polar surface area (TPSA) is 62.5 Å². The Morgan fingerprint density at radius 1 is 1.12 bits per heavy atom. The maximum absolute atomic E-state index is 13.2. The molecular weight excluding hydrogens is 328 g/mol. The van der Waals surface area contributed by atoms with Gasteiger partial charge in [-0.25, -0.2) is 4.79 Å². The summed E-state index contributed by atoms with van der Waals surface area (Å²) in [7, 11) is 1.79. The van der Waals surface area contributed by atoms with Gasteiger partial charge in [-0.3, -0.25) is 14.3 Å². The summed E-state index contributed by atoms with van der Waals surface area (Å²) in [5, 5.41) is 10.7. The molecule has 0 aliphatic heterocycles. The zero-order valence-electron chi connectivity index (χ0n) is 14.3. The molecule has 1 aromatic heterocycles. The van der Waals surface area contributed by atoms with Crippen LogP contribution in [-0.4, -0.2) is 34.1 Å². The lowest BCUT2D eigenvalue weighted by atomic mass is 10.0. The summed E-state index contributed by atoms with van der Waals surface area (Å²) in [5.41, 5.74) is 0.897. The smallest absolute Gasteiger partial charge is 0.338 e. The molecule has 2 aromatic carbocycles. The lowest BCUT2D eigenvalue weighted by molar-refractivity contribution is 0.0696. The van der Waals surface area contributed by atoms with Gasteiger partial charge in [-0.1, -0.05) is 42.3 Å². The Morgan fingerprint density at radius 2 is 1.73 bits per heavy atom. The van der Waals surface area contributed by atoms with Gasteiger partial charge >= 0.3 is 5.97 Å². The first-order valence-electron chi connectivity index (χ1n) is 8.12. The number of carboxylic acid groups (broad SMARTS) is 1. The van der Waals surface area contributed by atoms with Crippen molar-refractivity contribution in [2.75, 3.05) is 13.6 Å². The third-order valence-electron chi connectivity index (χ3n) is 4.20. The van der Waals surface area contributed by atoms with Gasteiger partial charge in [-0.15, -0.1) is 6.42 Å². The van der Waals surface area contributed by atoms with Crippen LogP contribution < -0.4 is 5.56 Å². The number of pyridine rings is 1. The molecule has 130 valence electrons. The van der Waals surface area contributed by atoms with Gasteiger partial charge in [-0.2, -0.15) is 0 Å². The number of carboxylic acids is 1. The Kier molecular flexibility index (Phi) is 4.87. The predicted octanol–water partition coefficient (Wildman–Crippen LogP) is 2.75. The van der Waals surface area contributed by atoms with E-state index in [-0.39, 0.29) is 17.7 Å². The molecule has 0 spiro atoms. The molecule has 0 amide bonds. The summed E-state index contributed by atoms with van der Waals surface area (Å²) < 4.78 is 1.47. The van der Waals surface area contributed by atoms with E-state index in [2.05, 4.69) is 5.92 Å². The van der Waals surface area contributed by atoms with Crippen molar-refractivity contribution in [1.82, 2.24) is 9.47 Å². The number of terminal acetylenes is 1. The highest BCUT2D eigenvalue weighted by atomic mass is 16.4. The minimum absolute atomic E-state index is 0.118. The average Bonchev–Trinajstić information content (AvgIpc) is 2.63. The number of aromatic carboxylic acids is 1. The quantitative estimate of drug-likeness (QED) is 0.722. The van der Waals surface area contributed by atoms with Crippen molar-refractivity contribution in [1.29, 1.82) is 0 Å². The van der Waals surface area contributed by atoms with Crippen molar-refractivity contribution in [3.63, 3.8) is 0 Å². The van der Waals surface area contributed by atoms with E-state index >= 15 is 0 Å². The monoisotopic (exact) mass is 346 g/mol. The fraction of sp³-hybridized carbons (Fsp3) is 0.143. The Hall–Kier alpha value is -3.36. The van der Waals surface area contributed by atoms with Crippen molar-refractivity contribution < 1.29 is 9.90 Å². The van der Waals surface area contributed by atoms with E-state index in [0.717, 1.165) is 0 Å². The maximum atomic E-state index is 13.2. The van der Waals surface area contributed by atoms with Crippen LogP contribution in [-0.2, 0) is 6.54 Å². The fourth-order valence-electron chi connectivity index (χ4n) is 3.10. The highest BCUT2D eigenvalue weighted by Gasteiger charge is 2.22. The molecule has 0 radical (unpaired) electrons. The van der Waals surface area contributed by atoms with Crippen molar-refractivity contribution in [2.24, 2.45) is 0 Å². The number of hydrogen-bond donors (Lipinski definition) is 1. The number of hydrogen-bond acceptors (Lipinski definition) is 3. The van der Waals surface area contributed by atoms with Gasteiger partial charge in [0.15, 0.2) is 0 Å². The van der Waals surface area contributed by atoms with Crippen molar-refractivity contribution >= 4 is 16.7 Å². The van der Waals surface area contributed by atoms with Crippen molar-refractivity contribution in [2.45, 2.75) is 6.54 Å². The van der Waals surface area contributed by atoms with Crippen LogP contribution in [0.15, 0.2) is 59.4 Å². The first-order valence-corrected chi connectivity index (χ1v) is 8.12. The predicted molar refractivity (Wildman–Crippen MR) is 102 cm³/mol. The fourth-order valence-corrected chi connectivity index (χ4v) is 3.10. The minimum atomic E-state index is -1.07. The highest BCUT2D eigenvalue weighted by Crippen LogP contribution is 2.23. The molecule has 1 N–H and O–H groups in total. The molecule has 3 rings (SSSR count). The molecule has 1 heterocycles. The molecule has 0 aliphatic rings. The van der Waals surface area contributed by atoms with Crippen LogP contribution in [0.5, 0.6) is 0 Å². The number of nitrogens with zero attached hydrogens (tertiary/aromatic N) is 2. The molecule has 26 heavy (non-hydrogen) atoms. The molecule has 0 unspecified atom stereocenters. The first kappa shape index (κ1) is 17.5. The van der Waals surface area contributed by atoms with Crippen LogP contribution in [0.4, 0.5) is 0 Å². The van der Waals surface area contributed by atoms with Gasteiger partial charge < -0.3 is 5.11 Å². The number of fused-ring (bicyclic) bond motifs is 1. The molecule has 5 nitrogen and oxygen atoms in total. The Labute approximate surface area is 151 Å². The molecule has 3 aromatic rings. The second kappa shape index (κ2) is 7.26. The number of rotatable bonds is 5. The van der Waals surface area contributed by atoms with E-state index in [1.165, 1.54) is 4.57 Å². The molecule has 0 saturated heterocycles. The molecule has 0 saturated carbocycles. The molecule has 5 heteroatoms. The summed E-state index contributed by atoms with van der Waals surface area (Å²) in [5.74, 6) is 1.46. The van der Waals surface area contributed by atoms with Crippen LogP contribution >= 0.6 is 0 Å². The van der Waals surface area contributed by atoms with Crippen LogP contribution in [0.2, 0.25) is 0 Å². The Morgan fingerprint density at radius 3 is 2.35 bits per heavy atom. The van der Waals surface area contributed by atoms with Gasteiger partial charge in [0.25, 0.3) is 5.56 Å². The zero-order valence-corrected chi connectivity index (χ0v) is 14.3. The van der Waals surface area contributed by atoms with Crippen molar-refractivity contribution in [3.8, 4) is 18.0 Å². The third-order valence-corrected chi connectivity index (χ3v) is 4.20. The average molecular weight is 346 g/mol. The summed E-state index contributed by atoms with van der Waals surface area (Å²) in [4.78, 5) is 27.1. The van der Waals surface area contributed by atoms with Crippen LogP contribution in [0, 0.1) is 12.3 Å². The van der Waals surface area contributed by atoms with E-state index in [4.69, 9.17) is 6.42 Å². The van der Waals surface area contributed by atoms with Gasteiger partial charge in [0.1, 0.15) is 0 Å². The maximum Gasteiger partial charge on any atom is 0.338 e. The lowest BCUT2D eigenvalue weighted by Gasteiger charge is -2.21. The number of carbonyl (C=O) groups is 1. The molecular formula is C21H18N2O3. The minimum Gasteiger partial charge on any atom is -0.478 e. The van der Waals surface area contributed by atoms with E-state index in [9.17, 15) is 14.7 Å². The van der Waals surface area contributed by atoms with Gasteiger partial charge in [0.05, 0.1) is 17.8 Å². The summed E-state index contributed by atoms with van der Waals surface area (Å²) in [6.45, 7) is 0.579. The summed E-state index contributed by atoms with van der Waals surface area (Å²) in [6.07, 6.45) is 5.37. The second-order valence-electron chi connectivity index (χ2n) is 6.02. The van der Waals surface area contributed by atoms with Crippen molar-refractivity contribution in [3.05, 3.63) is 76.2 Å². The van der Waals surface area contributed by atoms with E-state index < -0.39 is 5.97 Å². The van der Waals surface area contributed by atoms with Crippen LogP contribution in [0.1, 0.15) is 16.1 Å². The van der Waals surface area contributed by atoms with Crippen LogP contribution in [0.25, 0.3) is 16.5 Å². The molecule has 0 fully saturated rings. The highest BCUT2D eigenvalue weighted by molar-refractivity contribution is 6.04. The van der Waals surface area contributed by atoms with Crippen LogP contribution in [0.3, 0.4) is 0 Å². The van der Waals surface area contributed by atoms with Gasteiger partial charge in [0, 0.05) is 23.0 Å². The van der Waals surface area contributed by atoms with Gasteiger partial charge in [0.2, 0.25) is 0 Å². The largest absolute Gasteiger partial charge is 0.478 e. The standard InChI is InChI=1S/C21H18N2O3/c1-3-13-22(2)14-18-19(21(25)26)16-11-7-8-12-17(16)20(24)23(18)15-9-5-4-6-10-15/h1,4-12H,13-14H2,2H3,(H,25,26). The second-order valence-corrected chi connectivity index (χ2v) is 6.02. The molecule has 0 bridgehead atoms. The lowest BCUT2D eigenvalue weighted by Crippen LogP contribution is -2.30. The third kappa shape index (κ3) is 3.10. The summed E-state index contributed by atoms with van der Waals surface area (Å²) >= 11 is 0. The molecule has 0 aliphatic carbocycles. The zero-order chi connectivity index (χ0) is 18.7. The number of benzene rings is 2. The van der Waals surface area contributed by atoms with E-state index in [1.54, 1.807) is 48.3 Å². The first-order chi connectivity index (χ1) is 12.5. The molecule has 0 atom stereocenters. The number of aromatic nitrogens is 1. The van der Waals surface area contributed by atoms with E-state index in [1.807, 2.05) is 18.2 Å². The van der Waals surface area contributed by atoms with E-state index in [0.29, 0.717) is 28.7 Å². The Bertz CT molecular complexity index is 1060.